The van der Waals surface area contributed by atoms with Crippen molar-refractivity contribution in [2.24, 2.45) is 11.7 Å². The molecule has 0 saturated heterocycles. The normalized spacial score (nSPS) is 21.5. The number of carbonyl (C=O) groups is 2. The zero-order valence-electron chi connectivity index (χ0n) is 15.9. The molecule has 0 aromatic heterocycles. The summed E-state index contributed by atoms with van der Waals surface area (Å²) in [5, 5.41) is 2.94. The summed E-state index contributed by atoms with van der Waals surface area (Å²) in [4.78, 5) is 26.8. The Morgan fingerprint density at radius 1 is 1.22 bits per heavy atom. The third-order valence-electron chi connectivity index (χ3n) is 4.96. The average Bonchev–Trinajstić information content (AvgIpc) is 2.61. The average molecular weight is 392 g/mol. The van der Waals surface area contributed by atoms with Crippen molar-refractivity contribution in [1.29, 1.82) is 0 Å². The molecule has 1 aromatic carbocycles. The van der Waals surface area contributed by atoms with Crippen LogP contribution in [0.5, 0.6) is 0 Å². The SMILES string of the molecule is C=CCN(CC=C)C(=O)c1ccc(NC(=O)C2CCCCC2(C)N)cc1.Cl. The molecule has 27 heavy (non-hydrogen) atoms. The molecule has 1 aliphatic carbocycles. The maximum Gasteiger partial charge on any atom is 0.254 e. The predicted octanol–water partition coefficient (Wildman–Crippen LogP) is 3.77. The van der Waals surface area contributed by atoms with Gasteiger partial charge < -0.3 is 16.0 Å². The van der Waals surface area contributed by atoms with Crippen molar-refractivity contribution in [3.8, 4) is 0 Å². The van der Waals surface area contributed by atoms with Crippen molar-refractivity contribution in [3.05, 3.63) is 55.1 Å². The Kier molecular flexibility index (Phi) is 8.73. The number of rotatable bonds is 7. The quantitative estimate of drug-likeness (QED) is 0.694. The number of amides is 2. The van der Waals surface area contributed by atoms with E-state index in [-0.39, 0.29) is 30.1 Å². The van der Waals surface area contributed by atoms with E-state index in [1.165, 1.54) is 0 Å². The number of nitrogens with zero attached hydrogens (tertiary/aromatic N) is 1. The van der Waals surface area contributed by atoms with E-state index in [0.717, 1.165) is 25.7 Å². The second-order valence-corrected chi connectivity index (χ2v) is 7.16. The fraction of sp³-hybridized carbons (Fsp3) is 0.429. The van der Waals surface area contributed by atoms with Crippen LogP contribution in [0.1, 0.15) is 43.0 Å². The highest BCUT2D eigenvalue weighted by Crippen LogP contribution is 2.32. The van der Waals surface area contributed by atoms with E-state index in [0.29, 0.717) is 24.3 Å². The van der Waals surface area contributed by atoms with Gasteiger partial charge in [0.1, 0.15) is 0 Å². The summed E-state index contributed by atoms with van der Waals surface area (Å²) < 4.78 is 0. The van der Waals surface area contributed by atoms with Gasteiger partial charge in [-0.15, -0.1) is 25.6 Å². The number of hydrogen-bond donors (Lipinski definition) is 2. The summed E-state index contributed by atoms with van der Waals surface area (Å²) in [5.74, 6) is -0.327. The number of hydrogen-bond acceptors (Lipinski definition) is 3. The zero-order valence-corrected chi connectivity index (χ0v) is 16.8. The van der Waals surface area contributed by atoms with Gasteiger partial charge in [0, 0.05) is 29.9 Å². The monoisotopic (exact) mass is 391 g/mol. The first-order valence-corrected chi connectivity index (χ1v) is 9.10. The minimum Gasteiger partial charge on any atom is -0.331 e. The third kappa shape index (κ3) is 5.94. The van der Waals surface area contributed by atoms with Gasteiger partial charge in [0.15, 0.2) is 0 Å². The molecule has 0 bridgehead atoms. The van der Waals surface area contributed by atoms with E-state index in [1.807, 2.05) is 6.92 Å². The molecule has 2 unspecified atom stereocenters. The van der Waals surface area contributed by atoms with Gasteiger partial charge in [0.05, 0.1) is 5.92 Å². The molecule has 5 nitrogen and oxygen atoms in total. The van der Waals surface area contributed by atoms with Crippen molar-refractivity contribution >= 4 is 29.9 Å². The van der Waals surface area contributed by atoms with Gasteiger partial charge in [-0.2, -0.15) is 0 Å². The van der Waals surface area contributed by atoms with Crippen LogP contribution in [0.2, 0.25) is 0 Å². The Hall–Kier alpha value is -2.11. The molecular weight excluding hydrogens is 362 g/mol. The van der Waals surface area contributed by atoms with Gasteiger partial charge in [-0.05, 0) is 44.0 Å². The predicted molar refractivity (Wildman–Crippen MR) is 113 cm³/mol. The summed E-state index contributed by atoms with van der Waals surface area (Å²) in [5.41, 5.74) is 7.08. The summed E-state index contributed by atoms with van der Waals surface area (Å²) in [6.45, 7) is 10.2. The molecule has 2 amide bonds. The highest BCUT2D eigenvalue weighted by atomic mass is 35.5. The summed E-state index contributed by atoms with van der Waals surface area (Å²) in [6, 6.07) is 6.95. The Bertz CT molecular complexity index is 661. The van der Waals surface area contributed by atoms with Gasteiger partial charge in [-0.3, -0.25) is 9.59 Å². The van der Waals surface area contributed by atoms with Crippen LogP contribution in [-0.4, -0.2) is 35.3 Å². The van der Waals surface area contributed by atoms with Crippen molar-refractivity contribution in [3.63, 3.8) is 0 Å². The van der Waals surface area contributed by atoms with Crippen LogP contribution in [0.3, 0.4) is 0 Å². The van der Waals surface area contributed by atoms with E-state index >= 15 is 0 Å². The first kappa shape index (κ1) is 22.9. The summed E-state index contributed by atoms with van der Waals surface area (Å²) in [7, 11) is 0. The van der Waals surface area contributed by atoms with E-state index in [9.17, 15) is 9.59 Å². The van der Waals surface area contributed by atoms with Crippen LogP contribution in [-0.2, 0) is 4.79 Å². The minimum atomic E-state index is -0.464. The Labute approximate surface area is 168 Å². The first-order valence-electron chi connectivity index (χ1n) is 9.10. The maximum absolute atomic E-state index is 12.6. The molecule has 1 fully saturated rings. The van der Waals surface area contributed by atoms with Crippen LogP contribution in [0.15, 0.2) is 49.6 Å². The highest BCUT2D eigenvalue weighted by Gasteiger charge is 2.37. The molecule has 6 heteroatoms. The standard InChI is InChI=1S/C21H29N3O2.ClH/c1-4-14-24(15-5-2)20(26)16-9-11-17(12-10-16)23-19(25)18-8-6-7-13-21(18,3)22;/h4-5,9-12,18H,1-2,6-8,13-15,22H2,3H3,(H,23,25);1H. The lowest BCUT2D eigenvalue weighted by atomic mass is 9.74. The molecule has 1 aromatic rings. The van der Waals surface area contributed by atoms with E-state index in [2.05, 4.69) is 18.5 Å². The number of nitrogens with one attached hydrogen (secondary N) is 1. The molecule has 0 radical (unpaired) electrons. The molecule has 0 heterocycles. The minimum absolute atomic E-state index is 0. The largest absolute Gasteiger partial charge is 0.331 e. The van der Waals surface area contributed by atoms with Gasteiger partial charge in [0.25, 0.3) is 5.91 Å². The first-order chi connectivity index (χ1) is 12.4. The van der Waals surface area contributed by atoms with Gasteiger partial charge in [-0.25, -0.2) is 0 Å². The van der Waals surface area contributed by atoms with Crippen molar-refractivity contribution in [1.82, 2.24) is 4.90 Å². The highest BCUT2D eigenvalue weighted by molar-refractivity contribution is 5.96. The number of anilines is 1. The van der Waals surface area contributed by atoms with Crippen LogP contribution in [0, 0.1) is 5.92 Å². The third-order valence-corrected chi connectivity index (χ3v) is 4.96. The number of benzene rings is 1. The second-order valence-electron chi connectivity index (χ2n) is 7.16. The lowest BCUT2D eigenvalue weighted by molar-refractivity contribution is -0.122. The molecule has 148 valence electrons. The van der Waals surface area contributed by atoms with Crippen LogP contribution in [0.25, 0.3) is 0 Å². The van der Waals surface area contributed by atoms with Crippen LogP contribution >= 0.6 is 12.4 Å². The summed E-state index contributed by atoms with van der Waals surface area (Å²) in [6.07, 6.45) is 7.14. The maximum atomic E-state index is 12.6. The number of halogens is 1. The molecule has 0 aliphatic heterocycles. The van der Waals surface area contributed by atoms with Crippen LogP contribution in [0.4, 0.5) is 5.69 Å². The molecular formula is C21H30ClN3O2. The fourth-order valence-corrected chi connectivity index (χ4v) is 3.45. The Morgan fingerprint density at radius 2 is 1.81 bits per heavy atom. The smallest absolute Gasteiger partial charge is 0.254 e. The molecule has 2 atom stereocenters. The lowest BCUT2D eigenvalue weighted by Crippen LogP contribution is -2.51. The fourth-order valence-electron chi connectivity index (χ4n) is 3.45. The second kappa shape index (κ2) is 10.3. The molecule has 0 spiro atoms. The molecule has 2 rings (SSSR count). The summed E-state index contributed by atoms with van der Waals surface area (Å²) >= 11 is 0. The van der Waals surface area contributed by atoms with E-state index in [4.69, 9.17) is 5.73 Å². The van der Waals surface area contributed by atoms with Crippen LogP contribution < -0.4 is 11.1 Å². The molecule has 1 saturated carbocycles. The molecule has 1 aliphatic rings. The van der Waals surface area contributed by atoms with Crippen molar-refractivity contribution in [2.75, 3.05) is 18.4 Å². The number of carbonyl (C=O) groups excluding carboxylic acids is 2. The van der Waals surface area contributed by atoms with Gasteiger partial charge in [-0.1, -0.05) is 25.0 Å². The zero-order chi connectivity index (χ0) is 19.2. The van der Waals surface area contributed by atoms with Gasteiger partial charge >= 0.3 is 0 Å². The lowest BCUT2D eigenvalue weighted by Gasteiger charge is -2.37. The Balaban J connectivity index is 0.00000364. The topological polar surface area (TPSA) is 75.4 Å². The van der Waals surface area contributed by atoms with E-state index < -0.39 is 5.54 Å². The number of nitrogens with two attached hydrogens (primary N) is 1. The van der Waals surface area contributed by atoms with E-state index in [1.54, 1.807) is 41.3 Å². The molecule has 3 N–H and O–H groups in total. The van der Waals surface area contributed by atoms with Crippen molar-refractivity contribution in [2.45, 2.75) is 38.1 Å². The Morgan fingerprint density at radius 3 is 2.33 bits per heavy atom. The van der Waals surface area contributed by atoms with Gasteiger partial charge in [0.2, 0.25) is 5.91 Å². The van der Waals surface area contributed by atoms with Crippen molar-refractivity contribution < 1.29 is 9.59 Å².